The Morgan fingerprint density at radius 3 is 2.79 bits per heavy atom. The first kappa shape index (κ1) is 14.0. The number of nitrogens with zero attached hydrogens (tertiary/aromatic N) is 2. The molecule has 0 amide bonds. The number of benzene rings is 1. The second-order valence-electron chi connectivity index (χ2n) is 4.85. The number of nitrogens with two attached hydrogens (primary N) is 1. The molecule has 1 aliphatic heterocycles. The van der Waals surface area contributed by atoms with E-state index in [1.54, 1.807) is 13.0 Å². The van der Waals surface area contributed by atoms with Crippen LogP contribution in [-0.4, -0.2) is 32.4 Å². The molecule has 0 bridgehead atoms. The third-order valence-corrected chi connectivity index (χ3v) is 5.53. The van der Waals surface area contributed by atoms with Crippen molar-refractivity contribution in [2.24, 2.45) is 11.7 Å². The number of sulfonamides is 1. The lowest BCUT2D eigenvalue weighted by atomic mass is 10.1. The third-order valence-electron chi connectivity index (χ3n) is 3.50. The van der Waals surface area contributed by atoms with Crippen LogP contribution in [0.2, 0.25) is 0 Å². The van der Waals surface area contributed by atoms with E-state index in [1.807, 2.05) is 6.07 Å². The minimum Gasteiger partial charge on any atom is -0.330 e. The summed E-state index contributed by atoms with van der Waals surface area (Å²) in [6.07, 6.45) is 0.811. The van der Waals surface area contributed by atoms with E-state index < -0.39 is 10.0 Å². The van der Waals surface area contributed by atoms with Gasteiger partial charge in [-0.3, -0.25) is 0 Å². The first-order valence-corrected chi connectivity index (χ1v) is 7.64. The van der Waals surface area contributed by atoms with Gasteiger partial charge in [-0.1, -0.05) is 0 Å². The Bertz CT molecular complexity index is 619. The summed E-state index contributed by atoms with van der Waals surface area (Å²) in [5.41, 5.74) is 6.67. The van der Waals surface area contributed by atoms with E-state index in [2.05, 4.69) is 0 Å². The molecule has 6 heteroatoms. The van der Waals surface area contributed by atoms with Crippen molar-refractivity contribution in [3.05, 3.63) is 29.3 Å². The monoisotopic (exact) mass is 279 g/mol. The summed E-state index contributed by atoms with van der Waals surface area (Å²) in [5.74, 6) is 0.244. The second kappa shape index (κ2) is 5.29. The van der Waals surface area contributed by atoms with Gasteiger partial charge in [-0.25, -0.2) is 8.42 Å². The highest BCUT2D eigenvalue weighted by molar-refractivity contribution is 7.89. The molecule has 2 N–H and O–H groups in total. The van der Waals surface area contributed by atoms with Gasteiger partial charge in [0.2, 0.25) is 10.0 Å². The molecule has 0 radical (unpaired) electrons. The lowest BCUT2D eigenvalue weighted by molar-refractivity contribution is 0.458. The number of nitriles is 1. The van der Waals surface area contributed by atoms with Crippen molar-refractivity contribution in [2.45, 2.75) is 18.2 Å². The summed E-state index contributed by atoms with van der Waals surface area (Å²) in [5, 5.41) is 8.81. The fourth-order valence-electron chi connectivity index (χ4n) is 2.36. The predicted molar refractivity (Wildman–Crippen MR) is 71.8 cm³/mol. The largest absolute Gasteiger partial charge is 0.330 e. The van der Waals surface area contributed by atoms with Gasteiger partial charge >= 0.3 is 0 Å². The number of hydrogen-bond donors (Lipinski definition) is 1. The van der Waals surface area contributed by atoms with E-state index in [-0.39, 0.29) is 10.8 Å². The summed E-state index contributed by atoms with van der Waals surface area (Å²) in [7, 11) is -3.47. The predicted octanol–water partition coefficient (Wildman–Crippen LogP) is 0.836. The highest BCUT2D eigenvalue weighted by Gasteiger charge is 2.32. The molecule has 1 fully saturated rings. The molecule has 2 rings (SSSR count). The van der Waals surface area contributed by atoms with Crippen LogP contribution >= 0.6 is 0 Å². The molecule has 5 nitrogen and oxygen atoms in total. The fourth-order valence-corrected chi connectivity index (χ4v) is 4.09. The Balaban J connectivity index is 2.33. The molecule has 1 heterocycles. The van der Waals surface area contributed by atoms with Crippen LogP contribution in [0.5, 0.6) is 0 Å². The van der Waals surface area contributed by atoms with Gasteiger partial charge in [0.15, 0.2) is 0 Å². The van der Waals surface area contributed by atoms with Crippen molar-refractivity contribution in [2.75, 3.05) is 19.6 Å². The quantitative estimate of drug-likeness (QED) is 0.888. The van der Waals surface area contributed by atoms with Gasteiger partial charge in [-0.2, -0.15) is 9.57 Å². The number of aryl methyl sites for hydroxylation is 1. The molecule has 0 spiro atoms. The van der Waals surface area contributed by atoms with Crippen molar-refractivity contribution >= 4 is 10.0 Å². The summed E-state index contributed by atoms with van der Waals surface area (Å²) in [4.78, 5) is 0.282. The Hall–Kier alpha value is -1.42. The van der Waals surface area contributed by atoms with Crippen LogP contribution in [-0.2, 0) is 10.0 Å². The zero-order valence-corrected chi connectivity index (χ0v) is 11.7. The maximum Gasteiger partial charge on any atom is 0.243 e. The number of hydrogen-bond acceptors (Lipinski definition) is 4. The minimum absolute atomic E-state index is 0.244. The van der Waals surface area contributed by atoms with Crippen LogP contribution in [0.3, 0.4) is 0 Å². The molecule has 0 aromatic heterocycles. The van der Waals surface area contributed by atoms with Crippen molar-refractivity contribution in [1.29, 1.82) is 5.26 Å². The SMILES string of the molecule is Cc1cc(C#N)ccc1S(=O)(=O)N1CCC(CN)C1. The molecule has 1 aromatic carbocycles. The van der Waals surface area contributed by atoms with Crippen molar-refractivity contribution in [3.63, 3.8) is 0 Å². The highest BCUT2D eigenvalue weighted by atomic mass is 32.2. The molecule has 1 aromatic rings. The van der Waals surface area contributed by atoms with Crippen molar-refractivity contribution in [3.8, 4) is 6.07 Å². The molecular formula is C13H17N3O2S. The van der Waals surface area contributed by atoms with Gasteiger partial charge in [-0.05, 0) is 49.6 Å². The summed E-state index contributed by atoms with van der Waals surface area (Å²) in [6.45, 7) is 3.23. The second-order valence-corrected chi connectivity index (χ2v) is 6.75. The van der Waals surface area contributed by atoms with Crippen molar-refractivity contribution in [1.82, 2.24) is 4.31 Å². The Morgan fingerprint density at radius 1 is 1.53 bits per heavy atom. The van der Waals surface area contributed by atoms with E-state index in [0.29, 0.717) is 30.8 Å². The zero-order valence-electron chi connectivity index (χ0n) is 10.8. The van der Waals surface area contributed by atoms with Gasteiger partial charge in [0.05, 0.1) is 16.5 Å². The van der Waals surface area contributed by atoms with Gasteiger partial charge in [-0.15, -0.1) is 0 Å². The summed E-state index contributed by atoms with van der Waals surface area (Å²) >= 11 is 0. The van der Waals surface area contributed by atoms with Gasteiger partial charge in [0, 0.05) is 13.1 Å². The molecule has 102 valence electrons. The van der Waals surface area contributed by atoms with Crippen LogP contribution < -0.4 is 5.73 Å². The Kier molecular flexibility index (Phi) is 3.90. The lowest BCUT2D eigenvalue weighted by Crippen LogP contribution is -2.30. The lowest BCUT2D eigenvalue weighted by Gasteiger charge is -2.17. The molecule has 19 heavy (non-hydrogen) atoms. The molecule has 0 saturated carbocycles. The smallest absolute Gasteiger partial charge is 0.243 e. The number of rotatable bonds is 3. The average molecular weight is 279 g/mol. The first-order chi connectivity index (χ1) is 8.98. The van der Waals surface area contributed by atoms with Gasteiger partial charge in [0.1, 0.15) is 0 Å². The fraction of sp³-hybridized carbons (Fsp3) is 0.462. The molecule has 1 aliphatic rings. The normalized spacial score (nSPS) is 20.4. The minimum atomic E-state index is -3.47. The van der Waals surface area contributed by atoms with E-state index in [4.69, 9.17) is 11.0 Å². The van der Waals surface area contributed by atoms with Crippen LogP contribution in [0.15, 0.2) is 23.1 Å². The van der Waals surface area contributed by atoms with Crippen LogP contribution in [0.1, 0.15) is 17.5 Å². The topological polar surface area (TPSA) is 87.2 Å². The first-order valence-electron chi connectivity index (χ1n) is 6.20. The average Bonchev–Trinajstić information content (AvgIpc) is 2.87. The maximum atomic E-state index is 12.5. The molecule has 1 unspecified atom stereocenters. The van der Waals surface area contributed by atoms with E-state index in [9.17, 15) is 8.42 Å². The van der Waals surface area contributed by atoms with Gasteiger partial charge in [0.25, 0.3) is 0 Å². The zero-order chi connectivity index (χ0) is 14.0. The van der Waals surface area contributed by atoms with E-state index in [1.165, 1.54) is 16.4 Å². The summed E-state index contributed by atoms with van der Waals surface area (Å²) in [6, 6.07) is 6.66. The van der Waals surface area contributed by atoms with Crippen molar-refractivity contribution < 1.29 is 8.42 Å². The van der Waals surface area contributed by atoms with E-state index in [0.717, 1.165) is 6.42 Å². The standard InChI is InChI=1S/C13H17N3O2S/c1-10-6-11(7-14)2-3-13(10)19(17,18)16-5-4-12(8-15)9-16/h2-3,6,12H,4-5,8-9,15H2,1H3. The van der Waals surface area contributed by atoms with Crippen LogP contribution in [0.4, 0.5) is 0 Å². The van der Waals surface area contributed by atoms with Crippen LogP contribution in [0.25, 0.3) is 0 Å². The van der Waals surface area contributed by atoms with Gasteiger partial charge < -0.3 is 5.73 Å². The molecular weight excluding hydrogens is 262 g/mol. The highest BCUT2D eigenvalue weighted by Crippen LogP contribution is 2.26. The van der Waals surface area contributed by atoms with Crippen LogP contribution in [0, 0.1) is 24.2 Å². The Morgan fingerprint density at radius 2 is 2.26 bits per heavy atom. The Labute approximate surface area is 113 Å². The maximum absolute atomic E-state index is 12.5. The molecule has 1 atom stereocenters. The molecule has 1 saturated heterocycles. The molecule has 0 aliphatic carbocycles. The summed E-state index contributed by atoms with van der Waals surface area (Å²) < 4.78 is 26.5. The third kappa shape index (κ3) is 2.63. The van der Waals surface area contributed by atoms with E-state index >= 15 is 0 Å².